The molecule has 0 saturated carbocycles. The van der Waals surface area contributed by atoms with Crippen LogP contribution in [-0.2, 0) is 4.74 Å². The number of aromatic nitrogens is 1. The Bertz CT molecular complexity index is 1220. The highest BCUT2D eigenvalue weighted by molar-refractivity contribution is 5.99. The second-order valence-corrected chi connectivity index (χ2v) is 10.6. The van der Waals surface area contributed by atoms with E-state index in [9.17, 15) is 9.18 Å². The number of carbonyl (C=O) groups excluding carboxylic acids is 1. The van der Waals surface area contributed by atoms with Crippen LogP contribution in [0.15, 0.2) is 42.6 Å². The van der Waals surface area contributed by atoms with E-state index >= 15 is 0 Å². The van der Waals surface area contributed by atoms with Crippen LogP contribution in [0, 0.1) is 18.7 Å². The van der Waals surface area contributed by atoms with Gasteiger partial charge in [-0.3, -0.25) is 0 Å². The van der Waals surface area contributed by atoms with Gasteiger partial charge in [-0.25, -0.2) is 14.2 Å². The SMILES string of the molecule is Cc1cccc(F)c1-c1cc(N2CCC[C@H](CN(C)C(=O)OC(C)(C)C)C2)c2cc(N)ncc2c1. The molecule has 1 aromatic heterocycles. The first-order valence-corrected chi connectivity index (χ1v) is 12.2. The first-order valence-electron chi connectivity index (χ1n) is 12.2. The lowest BCUT2D eigenvalue weighted by molar-refractivity contribution is 0.0269. The Labute approximate surface area is 206 Å². The van der Waals surface area contributed by atoms with E-state index in [1.807, 2.05) is 45.9 Å². The fourth-order valence-corrected chi connectivity index (χ4v) is 4.89. The Morgan fingerprint density at radius 3 is 2.77 bits per heavy atom. The van der Waals surface area contributed by atoms with Crippen molar-refractivity contribution in [2.45, 2.75) is 46.1 Å². The molecule has 2 N–H and O–H groups in total. The fourth-order valence-electron chi connectivity index (χ4n) is 4.89. The summed E-state index contributed by atoms with van der Waals surface area (Å²) in [6.07, 6.45) is 3.47. The number of nitrogen functional groups attached to an aromatic ring is 1. The zero-order chi connectivity index (χ0) is 25.3. The lowest BCUT2D eigenvalue weighted by Gasteiger charge is -2.37. The van der Waals surface area contributed by atoms with Crippen molar-refractivity contribution >= 4 is 28.4 Å². The van der Waals surface area contributed by atoms with Gasteiger partial charge in [-0.05, 0) is 81.8 Å². The van der Waals surface area contributed by atoms with Crippen LogP contribution in [-0.4, -0.2) is 48.3 Å². The molecule has 0 unspecified atom stereocenters. The van der Waals surface area contributed by atoms with Crippen LogP contribution in [0.3, 0.4) is 0 Å². The molecule has 2 aromatic carbocycles. The number of hydrogen-bond acceptors (Lipinski definition) is 5. The molecule has 1 aliphatic rings. The second-order valence-electron chi connectivity index (χ2n) is 10.6. The average Bonchev–Trinajstić information content (AvgIpc) is 2.77. The van der Waals surface area contributed by atoms with Gasteiger partial charge in [0.25, 0.3) is 0 Å². The lowest BCUT2D eigenvalue weighted by atomic mass is 9.93. The summed E-state index contributed by atoms with van der Waals surface area (Å²) >= 11 is 0. The van der Waals surface area contributed by atoms with Gasteiger partial charge in [0.2, 0.25) is 0 Å². The van der Waals surface area contributed by atoms with Crippen molar-refractivity contribution in [3.05, 3.63) is 54.0 Å². The van der Waals surface area contributed by atoms with Gasteiger partial charge < -0.3 is 20.3 Å². The molecule has 1 aliphatic heterocycles. The van der Waals surface area contributed by atoms with Crippen molar-refractivity contribution < 1.29 is 13.9 Å². The normalized spacial score (nSPS) is 16.4. The van der Waals surface area contributed by atoms with Gasteiger partial charge in [0.1, 0.15) is 17.2 Å². The molecule has 2 heterocycles. The predicted molar refractivity (Wildman–Crippen MR) is 140 cm³/mol. The number of piperidine rings is 1. The Morgan fingerprint density at radius 1 is 1.29 bits per heavy atom. The number of halogens is 1. The Morgan fingerprint density at radius 2 is 2.06 bits per heavy atom. The quantitative estimate of drug-likeness (QED) is 0.497. The largest absolute Gasteiger partial charge is 0.444 e. The van der Waals surface area contributed by atoms with Gasteiger partial charge >= 0.3 is 6.09 Å². The van der Waals surface area contributed by atoms with Crippen molar-refractivity contribution in [2.75, 3.05) is 37.3 Å². The van der Waals surface area contributed by atoms with Crippen molar-refractivity contribution in [3.63, 3.8) is 0 Å². The van der Waals surface area contributed by atoms with Crippen molar-refractivity contribution in [3.8, 4) is 11.1 Å². The molecule has 6 nitrogen and oxygen atoms in total. The monoisotopic (exact) mass is 478 g/mol. The third-order valence-corrected chi connectivity index (χ3v) is 6.44. The Kier molecular flexibility index (Phi) is 6.88. The molecule has 1 atom stereocenters. The molecule has 1 fully saturated rings. The molecule has 0 aliphatic carbocycles. The molecule has 3 aromatic rings. The molecule has 0 spiro atoms. The van der Waals surface area contributed by atoms with Gasteiger partial charge in [0, 0.05) is 54.9 Å². The first kappa shape index (κ1) is 24.8. The number of benzene rings is 2. The lowest BCUT2D eigenvalue weighted by Crippen LogP contribution is -2.43. The van der Waals surface area contributed by atoms with Crippen LogP contribution in [0.1, 0.15) is 39.2 Å². The zero-order valence-corrected chi connectivity index (χ0v) is 21.3. The standard InChI is InChI=1S/C28H35FN4O2/c1-18-8-6-10-23(29)26(18)20-12-21-15-31-25(30)14-22(21)24(13-20)33-11-7-9-19(17-33)16-32(5)27(34)35-28(2,3)4/h6,8,10,12-15,19H,7,9,11,16-17H2,1-5H3,(H2,30,31)/t19-/m1/s1. The highest BCUT2D eigenvalue weighted by Gasteiger charge is 2.27. The highest BCUT2D eigenvalue weighted by atomic mass is 19.1. The van der Waals surface area contributed by atoms with E-state index in [0.717, 1.165) is 53.5 Å². The summed E-state index contributed by atoms with van der Waals surface area (Å²) in [5, 5.41) is 1.92. The number of fused-ring (bicyclic) bond motifs is 1. The number of pyridine rings is 1. The van der Waals surface area contributed by atoms with Crippen molar-refractivity contribution in [1.82, 2.24) is 9.88 Å². The molecule has 1 saturated heterocycles. The summed E-state index contributed by atoms with van der Waals surface area (Å²) in [4.78, 5) is 20.8. The number of ether oxygens (including phenoxy) is 1. The number of rotatable bonds is 4. The Balaban J connectivity index is 1.66. The fraction of sp³-hybridized carbons (Fsp3) is 0.429. The second kappa shape index (κ2) is 9.72. The summed E-state index contributed by atoms with van der Waals surface area (Å²) in [6, 6.07) is 11.1. The van der Waals surface area contributed by atoms with Gasteiger partial charge in [-0.2, -0.15) is 0 Å². The number of nitrogens with two attached hydrogens (primary N) is 1. The molecular formula is C28H35FN4O2. The summed E-state index contributed by atoms with van der Waals surface area (Å²) in [5.74, 6) is 0.496. The van der Waals surface area contributed by atoms with E-state index in [1.165, 1.54) is 6.07 Å². The maximum Gasteiger partial charge on any atom is 0.410 e. The smallest absolute Gasteiger partial charge is 0.410 e. The number of anilines is 2. The number of carbonyl (C=O) groups is 1. The van der Waals surface area contributed by atoms with Crippen LogP contribution < -0.4 is 10.6 Å². The van der Waals surface area contributed by atoms with Crippen LogP contribution in [0.25, 0.3) is 21.9 Å². The maximum atomic E-state index is 14.9. The van der Waals surface area contributed by atoms with Crippen molar-refractivity contribution in [2.24, 2.45) is 5.92 Å². The number of hydrogen-bond donors (Lipinski definition) is 1. The number of nitrogens with zero attached hydrogens (tertiary/aromatic N) is 3. The minimum Gasteiger partial charge on any atom is -0.444 e. The van der Waals surface area contributed by atoms with E-state index in [0.29, 0.717) is 17.9 Å². The summed E-state index contributed by atoms with van der Waals surface area (Å²) < 4.78 is 20.4. The van der Waals surface area contributed by atoms with E-state index in [2.05, 4.69) is 16.0 Å². The van der Waals surface area contributed by atoms with E-state index in [1.54, 1.807) is 24.2 Å². The molecule has 0 radical (unpaired) electrons. The molecular weight excluding hydrogens is 443 g/mol. The van der Waals surface area contributed by atoms with Gasteiger partial charge in [0.15, 0.2) is 0 Å². The van der Waals surface area contributed by atoms with E-state index < -0.39 is 5.60 Å². The zero-order valence-electron chi connectivity index (χ0n) is 21.3. The number of amides is 1. The molecule has 1 amide bonds. The number of aryl methyl sites for hydroxylation is 1. The third kappa shape index (κ3) is 5.66. The summed E-state index contributed by atoms with van der Waals surface area (Å²) in [6.45, 7) is 9.81. The molecule has 186 valence electrons. The predicted octanol–water partition coefficient (Wildman–Crippen LogP) is 6.01. The van der Waals surface area contributed by atoms with Crippen LogP contribution >= 0.6 is 0 Å². The molecule has 7 heteroatoms. The van der Waals surface area contributed by atoms with Gasteiger partial charge in [0.05, 0.1) is 0 Å². The Hall–Kier alpha value is -3.35. The maximum absolute atomic E-state index is 14.9. The minimum atomic E-state index is -0.526. The van der Waals surface area contributed by atoms with Crippen LogP contribution in [0.4, 0.5) is 20.7 Å². The van der Waals surface area contributed by atoms with E-state index in [-0.39, 0.29) is 17.8 Å². The molecule has 35 heavy (non-hydrogen) atoms. The van der Waals surface area contributed by atoms with Gasteiger partial charge in [-0.15, -0.1) is 0 Å². The topological polar surface area (TPSA) is 71.7 Å². The van der Waals surface area contributed by atoms with E-state index in [4.69, 9.17) is 10.5 Å². The van der Waals surface area contributed by atoms with Crippen LogP contribution in [0.5, 0.6) is 0 Å². The minimum absolute atomic E-state index is 0.241. The molecule has 0 bridgehead atoms. The van der Waals surface area contributed by atoms with Gasteiger partial charge in [-0.1, -0.05) is 12.1 Å². The molecule has 4 rings (SSSR count). The highest BCUT2D eigenvalue weighted by Crippen LogP contribution is 2.37. The van der Waals surface area contributed by atoms with Crippen LogP contribution in [0.2, 0.25) is 0 Å². The average molecular weight is 479 g/mol. The van der Waals surface area contributed by atoms with Crippen molar-refractivity contribution in [1.29, 1.82) is 0 Å². The third-order valence-electron chi connectivity index (χ3n) is 6.44. The summed E-state index contributed by atoms with van der Waals surface area (Å²) in [7, 11) is 1.79. The summed E-state index contributed by atoms with van der Waals surface area (Å²) in [5.41, 5.74) is 8.84. The first-order chi connectivity index (χ1) is 16.5.